The highest BCUT2D eigenvalue weighted by Gasteiger charge is 2.21. The van der Waals surface area contributed by atoms with Gasteiger partial charge in [-0.15, -0.1) is 0 Å². The van der Waals surface area contributed by atoms with Crippen molar-refractivity contribution in [2.24, 2.45) is 0 Å². The van der Waals surface area contributed by atoms with Gasteiger partial charge in [0.1, 0.15) is 10.7 Å². The first-order chi connectivity index (χ1) is 7.93. The van der Waals surface area contributed by atoms with E-state index in [-0.39, 0.29) is 9.92 Å². The molecule has 90 valence electrons. The van der Waals surface area contributed by atoms with Crippen LogP contribution in [-0.4, -0.2) is 17.4 Å². The molecule has 1 aromatic carbocycles. The molecule has 0 bridgehead atoms. The van der Waals surface area contributed by atoms with Gasteiger partial charge in [0.05, 0.1) is 5.02 Å². The Morgan fingerprint density at radius 3 is 2.59 bits per heavy atom. The Kier molecular flexibility index (Phi) is 3.16. The Labute approximate surface area is 109 Å². The van der Waals surface area contributed by atoms with Gasteiger partial charge in [0.25, 0.3) is 10.0 Å². The second-order valence-electron chi connectivity index (χ2n) is 3.35. The molecule has 0 fully saturated rings. The smallest absolute Gasteiger partial charge is 0.241 e. The van der Waals surface area contributed by atoms with Crippen molar-refractivity contribution in [2.45, 2.75) is 11.8 Å². The Hall–Kier alpha value is -1.04. The summed E-state index contributed by atoms with van der Waals surface area (Å²) in [7, 11) is -3.74. The molecular formula is C10H8Cl2N2O2S. The molecule has 0 aliphatic rings. The van der Waals surface area contributed by atoms with Gasteiger partial charge in [-0.1, -0.05) is 23.2 Å². The minimum absolute atomic E-state index is 0.0345. The Bertz CT molecular complexity index is 665. The van der Waals surface area contributed by atoms with Crippen molar-refractivity contribution >= 4 is 33.2 Å². The first kappa shape index (κ1) is 12.4. The molecule has 0 atom stereocenters. The van der Waals surface area contributed by atoms with Crippen LogP contribution in [0.3, 0.4) is 0 Å². The molecule has 0 aliphatic heterocycles. The predicted molar refractivity (Wildman–Crippen MR) is 66.0 cm³/mol. The summed E-state index contributed by atoms with van der Waals surface area (Å²) in [6.07, 6.45) is 2.77. The van der Waals surface area contributed by atoms with Crippen LogP contribution in [0.15, 0.2) is 35.5 Å². The van der Waals surface area contributed by atoms with Crippen molar-refractivity contribution in [3.63, 3.8) is 0 Å². The summed E-state index contributed by atoms with van der Waals surface area (Å²) in [5, 5.41) is 0.438. The third-order valence-electron chi connectivity index (χ3n) is 2.21. The van der Waals surface area contributed by atoms with Crippen molar-refractivity contribution in [2.75, 3.05) is 0 Å². The third kappa shape index (κ3) is 2.18. The molecule has 1 aromatic heterocycles. The van der Waals surface area contributed by atoms with E-state index in [1.54, 1.807) is 6.92 Å². The SMILES string of the molecule is Cc1nccn1S(=O)(=O)c1cc(Cl)ccc1Cl. The predicted octanol–water partition coefficient (Wildman–Crippen LogP) is 2.74. The van der Waals surface area contributed by atoms with Crippen LogP contribution in [0.25, 0.3) is 0 Å². The highest BCUT2D eigenvalue weighted by Crippen LogP contribution is 2.27. The Morgan fingerprint density at radius 1 is 1.29 bits per heavy atom. The molecule has 2 aromatic rings. The maximum Gasteiger partial charge on any atom is 0.270 e. The van der Waals surface area contributed by atoms with Gasteiger partial charge in [0.15, 0.2) is 0 Å². The molecule has 0 saturated heterocycles. The van der Waals surface area contributed by atoms with Gasteiger partial charge < -0.3 is 0 Å². The largest absolute Gasteiger partial charge is 0.270 e. The van der Waals surface area contributed by atoms with Gasteiger partial charge in [-0.3, -0.25) is 0 Å². The third-order valence-corrected chi connectivity index (χ3v) is 4.69. The number of benzene rings is 1. The van der Waals surface area contributed by atoms with Gasteiger partial charge >= 0.3 is 0 Å². The fourth-order valence-corrected chi connectivity index (χ4v) is 3.46. The quantitative estimate of drug-likeness (QED) is 0.855. The van der Waals surface area contributed by atoms with Crippen molar-refractivity contribution in [3.8, 4) is 0 Å². The van der Waals surface area contributed by atoms with E-state index in [1.165, 1.54) is 30.6 Å². The fraction of sp³-hybridized carbons (Fsp3) is 0.100. The molecule has 0 amide bonds. The summed E-state index contributed by atoms with van der Waals surface area (Å²) in [6.45, 7) is 1.59. The lowest BCUT2D eigenvalue weighted by atomic mass is 10.4. The average Bonchev–Trinajstić information content (AvgIpc) is 2.68. The van der Waals surface area contributed by atoms with E-state index < -0.39 is 10.0 Å². The summed E-state index contributed by atoms with van der Waals surface area (Å²) in [4.78, 5) is 3.83. The lowest BCUT2D eigenvalue weighted by Gasteiger charge is -2.08. The number of hydrogen-bond donors (Lipinski definition) is 0. The summed E-state index contributed by atoms with van der Waals surface area (Å²) < 4.78 is 25.6. The number of aromatic nitrogens is 2. The molecule has 0 unspecified atom stereocenters. The highest BCUT2D eigenvalue weighted by atomic mass is 35.5. The first-order valence-electron chi connectivity index (χ1n) is 4.63. The zero-order valence-corrected chi connectivity index (χ0v) is 11.1. The topological polar surface area (TPSA) is 52.0 Å². The van der Waals surface area contributed by atoms with E-state index in [1.807, 2.05) is 0 Å². The summed E-state index contributed by atoms with van der Waals surface area (Å²) >= 11 is 11.7. The minimum Gasteiger partial charge on any atom is -0.241 e. The van der Waals surface area contributed by atoms with Gasteiger partial charge in [0.2, 0.25) is 0 Å². The lowest BCUT2D eigenvalue weighted by molar-refractivity contribution is 0.586. The molecule has 0 saturated carbocycles. The molecule has 0 aliphatic carbocycles. The van der Waals surface area contributed by atoms with Crippen LogP contribution >= 0.6 is 23.2 Å². The number of halogens is 2. The van der Waals surface area contributed by atoms with Gasteiger partial charge in [0, 0.05) is 17.4 Å². The molecule has 0 N–H and O–H groups in total. The van der Waals surface area contributed by atoms with Crippen molar-refractivity contribution in [1.82, 2.24) is 8.96 Å². The molecule has 17 heavy (non-hydrogen) atoms. The van der Waals surface area contributed by atoms with E-state index in [4.69, 9.17) is 23.2 Å². The Morgan fingerprint density at radius 2 is 2.00 bits per heavy atom. The van der Waals surface area contributed by atoms with Gasteiger partial charge in [-0.25, -0.2) is 17.4 Å². The van der Waals surface area contributed by atoms with Crippen LogP contribution in [0.2, 0.25) is 10.0 Å². The number of nitrogens with zero attached hydrogens (tertiary/aromatic N) is 2. The number of rotatable bonds is 2. The van der Waals surface area contributed by atoms with E-state index >= 15 is 0 Å². The van der Waals surface area contributed by atoms with E-state index in [9.17, 15) is 8.42 Å². The molecule has 2 rings (SSSR count). The second-order valence-corrected chi connectivity index (χ2v) is 5.98. The molecule has 7 heteroatoms. The monoisotopic (exact) mass is 290 g/mol. The van der Waals surface area contributed by atoms with Crippen molar-refractivity contribution < 1.29 is 8.42 Å². The first-order valence-corrected chi connectivity index (χ1v) is 6.83. The van der Waals surface area contributed by atoms with Crippen LogP contribution in [0.1, 0.15) is 5.82 Å². The van der Waals surface area contributed by atoms with E-state index in [0.717, 1.165) is 3.97 Å². The maximum absolute atomic E-state index is 12.3. The molecular weight excluding hydrogens is 283 g/mol. The zero-order valence-electron chi connectivity index (χ0n) is 8.76. The number of aryl methyl sites for hydroxylation is 1. The van der Waals surface area contributed by atoms with Crippen LogP contribution in [0.4, 0.5) is 0 Å². The summed E-state index contributed by atoms with van der Waals surface area (Å²) in [5.74, 6) is 0.362. The maximum atomic E-state index is 12.3. The summed E-state index contributed by atoms with van der Waals surface area (Å²) in [5.41, 5.74) is 0. The van der Waals surface area contributed by atoms with Crippen LogP contribution in [0, 0.1) is 6.92 Å². The van der Waals surface area contributed by atoms with E-state index in [0.29, 0.717) is 10.8 Å². The fourth-order valence-electron chi connectivity index (χ4n) is 1.40. The van der Waals surface area contributed by atoms with Crippen LogP contribution in [-0.2, 0) is 10.0 Å². The van der Waals surface area contributed by atoms with Crippen molar-refractivity contribution in [3.05, 3.63) is 46.5 Å². The number of imidazole rings is 1. The molecule has 0 spiro atoms. The molecule has 4 nitrogen and oxygen atoms in total. The second kappa shape index (κ2) is 4.33. The number of hydrogen-bond acceptors (Lipinski definition) is 3. The normalized spacial score (nSPS) is 11.7. The van der Waals surface area contributed by atoms with Gasteiger partial charge in [-0.05, 0) is 25.1 Å². The van der Waals surface area contributed by atoms with E-state index in [2.05, 4.69) is 4.98 Å². The minimum atomic E-state index is -3.74. The highest BCUT2D eigenvalue weighted by molar-refractivity contribution is 7.90. The van der Waals surface area contributed by atoms with Crippen LogP contribution in [0.5, 0.6) is 0 Å². The molecule has 0 radical (unpaired) electrons. The van der Waals surface area contributed by atoms with Crippen molar-refractivity contribution in [1.29, 1.82) is 0 Å². The van der Waals surface area contributed by atoms with Gasteiger partial charge in [-0.2, -0.15) is 0 Å². The van der Waals surface area contributed by atoms with Crippen LogP contribution < -0.4 is 0 Å². The average molecular weight is 291 g/mol. The summed E-state index contributed by atoms with van der Waals surface area (Å²) in [6, 6.07) is 4.30. The molecule has 1 heterocycles. The Balaban J connectivity index is 2.68. The lowest BCUT2D eigenvalue weighted by Crippen LogP contribution is -2.14. The standard InChI is InChI=1S/C10H8Cl2N2O2S/c1-7-13-4-5-14(7)17(15,16)10-6-8(11)2-3-9(10)12/h2-6H,1H3. The zero-order chi connectivity index (χ0) is 12.6.